The number of hydrogen-bond acceptors (Lipinski definition) is 6. The van der Waals surface area contributed by atoms with Crippen LogP contribution in [0.15, 0.2) is 53.4 Å². The van der Waals surface area contributed by atoms with E-state index in [2.05, 4.69) is 0 Å². The number of aryl methyl sites for hydroxylation is 1. The summed E-state index contributed by atoms with van der Waals surface area (Å²) < 4.78 is 42.0. The Bertz CT molecular complexity index is 845. The van der Waals surface area contributed by atoms with Crippen molar-refractivity contribution in [2.75, 3.05) is 18.9 Å². The summed E-state index contributed by atoms with van der Waals surface area (Å²) in [6.45, 7) is 2.35. The molecule has 2 atom stereocenters. The molecule has 2 unspecified atom stereocenters. The molecule has 1 aliphatic rings. The van der Waals surface area contributed by atoms with Gasteiger partial charge in [0.2, 0.25) is 0 Å². The third-order valence-corrected chi connectivity index (χ3v) is 5.78. The van der Waals surface area contributed by atoms with Crippen molar-refractivity contribution < 1.29 is 22.1 Å². The number of benzene rings is 2. The van der Waals surface area contributed by atoms with Crippen molar-refractivity contribution in [2.45, 2.75) is 43.5 Å². The van der Waals surface area contributed by atoms with Crippen LogP contribution in [-0.2, 0) is 23.8 Å². The van der Waals surface area contributed by atoms with Gasteiger partial charge in [-0.25, -0.2) is 0 Å². The number of rotatable bonds is 7. The zero-order valence-electron chi connectivity index (χ0n) is 15.3. The third kappa shape index (κ3) is 5.29. The molecule has 2 aromatic rings. The molecule has 1 fully saturated rings. The van der Waals surface area contributed by atoms with Crippen molar-refractivity contribution in [2.24, 2.45) is 0 Å². The van der Waals surface area contributed by atoms with Crippen LogP contribution in [0.25, 0.3) is 0 Å². The van der Waals surface area contributed by atoms with Crippen LogP contribution >= 0.6 is 0 Å². The molecule has 0 saturated carbocycles. The lowest BCUT2D eigenvalue weighted by atomic mass is 10.1. The molecule has 0 spiro atoms. The summed E-state index contributed by atoms with van der Waals surface area (Å²) in [7, 11) is -3.90. The number of anilines is 1. The van der Waals surface area contributed by atoms with Gasteiger partial charge in [-0.05, 0) is 44.4 Å². The molecule has 1 aliphatic heterocycles. The largest absolute Gasteiger partial charge is 0.398 e. The second kappa shape index (κ2) is 8.84. The molecule has 6 nitrogen and oxygen atoms in total. The maximum absolute atomic E-state index is 12.5. The van der Waals surface area contributed by atoms with Gasteiger partial charge in [0.05, 0.1) is 11.5 Å². The van der Waals surface area contributed by atoms with E-state index in [1.807, 2.05) is 25.1 Å². The Morgan fingerprint density at radius 3 is 2.56 bits per heavy atom. The van der Waals surface area contributed by atoms with Crippen molar-refractivity contribution in [1.82, 2.24) is 0 Å². The molecule has 0 radical (unpaired) electrons. The van der Waals surface area contributed by atoms with Crippen LogP contribution in [0.2, 0.25) is 0 Å². The summed E-state index contributed by atoms with van der Waals surface area (Å²) in [6, 6.07) is 13.7. The van der Waals surface area contributed by atoms with Crippen LogP contribution in [0.3, 0.4) is 0 Å². The minimum atomic E-state index is -3.90. The van der Waals surface area contributed by atoms with Crippen LogP contribution in [0.1, 0.15) is 36.5 Å². The highest BCUT2D eigenvalue weighted by Crippen LogP contribution is 2.29. The van der Waals surface area contributed by atoms with Gasteiger partial charge in [-0.3, -0.25) is 4.18 Å². The Morgan fingerprint density at radius 2 is 1.89 bits per heavy atom. The van der Waals surface area contributed by atoms with Crippen LogP contribution in [-0.4, -0.2) is 27.9 Å². The van der Waals surface area contributed by atoms with Gasteiger partial charge in [0, 0.05) is 17.9 Å². The normalized spacial score (nSPS) is 18.9. The average Bonchev–Trinajstić information content (AvgIpc) is 2.67. The van der Waals surface area contributed by atoms with Crippen LogP contribution in [0.5, 0.6) is 0 Å². The highest BCUT2D eigenvalue weighted by Gasteiger charge is 2.25. The number of hydrogen-bond donors (Lipinski definition) is 1. The first-order chi connectivity index (χ1) is 13.0. The van der Waals surface area contributed by atoms with Gasteiger partial charge in [0.1, 0.15) is 6.10 Å². The molecule has 1 saturated heterocycles. The Kier molecular flexibility index (Phi) is 6.49. The Balaban J connectivity index is 1.76. The van der Waals surface area contributed by atoms with Crippen molar-refractivity contribution in [3.8, 4) is 0 Å². The Hall–Kier alpha value is -1.93. The molecule has 0 amide bonds. The van der Waals surface area contributed by atoms with Gasteiger partial charge in [0.25, 0.3) is 10.1 Å². The lowest BCUT2D eigenvalue weighted by Gasteiger charge is -2.28. The van der Waals surface area contributed by atoms with Gasteiger partial charge < -0.3 is 15.2 Å². The molecular formula is C20H25NO5S. The van der Waals surface area contributed by atoms with E-state index in [4.69, 9.17) is 19.4 Å². The fraction of sp³-hybridized carbons (Fsp3) is 0.400. The number of nitrogens with two attached hydrogens (primary N) is 1. The second-order valence-corrected chi connectivity index (χ2v) is 8.22. The quantitative estimate of drug-likeness (QED) is 0.573. The molecule has 3 rings (SSSR count). The maximum atomic E-state index is 12.5. The summed E-state index contributed by atoms with van der Waals surface area (Å²) >= 11 is 0. The molecular weight excluding hydrogens is 366 g/mol. The summed E-state index contributed by atoms with van der Waals surface area (Å²) in [5, 5.41) is 0. The minimum absolute atomic E-state index is 0.113. The van der Waals surface area contributed by atoms with E-state index < -0.39 is 22.5 Å². The van der Waals surface area contributed by atoms with E-state index in [0.29, 0.717) is 17.9 Å². The monoisotopic (exact) mass is 391 g/mol. The first-order valence-electron chi connectivity index (χ1n) is 9.03. The van der Waals surface area contributed by atoms with Crippen molar-refractivity contribution in [1.29, 1.82) is 0 Å². The van der Waals surface area contributed by atoms with E-state index in [1.54, 1.807) is 18.2 Å². The first kappa shape index (κ1) is 19.8. The maximum Gasteiger partial charge on any atom is 0.297 e. The van der Waals surface area contributed by atoms with Crippen LogP contribution in [0.4, 0.5) is 5.69 Å². The Morgan fingerprint density at radius 1 is 1.15 bits per heavy atom. The predicted octanol–water partition coefficient (Wildman–Crippen LogP) is 3.57. The second-order valence-electron chi connectivity index (χ2n) is 6.60. The molecule has 2 N–H and O–H groups in total. The fourth-order valence-corrected chi connectivity index (χ4v) is 3.84. The van der Waals surface area contributed by atoms with Crippen molar-refractivity contribution in [3.63, 3.8) is 0 Å². The molecule has 146 valence electrons. The molecule has 0 bridgehead atoms. The van der Waals surface area contributed by atoms with E-state index in [-0.39, 0.29) is 11.5 Å². The molecule has 2 aromatic carbocycles. The van der Waals surface area contributed by atoms with Crippen molar-refractivity contribution >= 4 is 15.8 Å². The molecule has 0 aromatic heterocycles. The fourth-order valence-electron chi connectivity index (χ4n) is 2.93. The lowest BCUT2D eigenvalue weighted by Crippen LogP contribution is -2.27. The number of para-hydroxylation sites is 1. The van der Waals surface area contributed by atoms with E-state index >= 15 is 0 Å². The first-order valence-corrected chi connectivity index (χ1v) is 10.4. The summed E-state index contributed by atoms with van der Waals surface area (Å²) in [6.07, 6.45) is 1.72. The summed E-state index contributed by atoms with van der Waals surface area (Å²) in [5.41, 5.74) is 8.25. The van der Waals surface area contributed by atoms with E-state index in [9.17, 15) is 8.42 Å². The molecule has 27 heavy (non-hydrogen) atoms. The van der Waals surface area contributed by atoms with Crippen LogP contribution < -0.4 is 5.73 Å². The van der Waals surface area contributed by atoms with Gasteiger partial charge >= 0.3 is 0 Å². The SMILES string of the molecule is Cc1ccc(S(=O)(=O)OCC(OC2CCCCO2)c2ccccc2N)cc1. The van der Waals surface area contributed by atoms with Gasteiger partial charge in [-0.1, -0.05) is 35.9 Å². The van der Waals surface area contributed by atoms with E-state index in [1.165, 1.54) is 12.1 Å². The van der Waals surface area contributed by atoms with Gasteiger partial charge in [-0.15, -0.1) is 0 Å². The minimum Gasteiger partial charge on any atom is -0.398 e. The van der Waals surface area contributed by atoms with E-state index in [0.717, 1.165) is 24.8 Å². The number of nitrogen functional groups attached to an aromatic ring is 1. The summed E-state index contributed by atoms with van der Waals surface area (Å²) in [4.78, 5) is 0.113. The topological polar surface area (TPSA) is 87.9 Å². The van der Waals surface area contributed by atoms with Crippen LogP contribution in [0, 0.1) is 6.92 Å². The molecule has 7 heteroatoms. The molecule has 0 aliphatic carbocycles. The third-order valence-electron chi connectivity index (χ3n) is 4.48. The van der Waals surface area contributed by atoms with Gasteiger partial charge in [0.15, 0.2) is 6.29 Å². The highest BCUT2D eigenvalue weighted by atomic mass is 32.2. The Labute approximate surface area is 160 Å². The zero-order chi connectivity index (χ0) is 19.3. The zero-order valence-corrected chi connectivity index (χ0v) is 16.2. The lowest BCUT2D eigenvalue weighted by molar-refractivity contribution is -0.194. The molecule has 1 heterocycles. The smallest absolute Gasteiger partial charge is 0.297 e. The standard InChI is InChI=1S/C20H25NO5S/c1-15-9-11-16(12-10-15)27(22,23)25-14-19(17-6-2-3-7-18(17)21)26-20-8-4-5-13-24-20/h2-3,6-7,9-12,19-20H,4-5,8,13-14,21H2,1H3. The predicted molar refractivity (Wildman–Crippen MR) is 103 cm³/mol. The number of ether oxygens (including phenoxy) is 2. The highest BCUT2D eigenvalue weighted by molar-refractivity contribution is 7.86. The van der Waals surface area contributed by atoms with Crippen molar-refractivity contribution in [3.05, 3.63) is 59.7 Å². The summed E-state index contributed by atoms with van der Waals surface area (Å²) in [5.74, 6) is 0. The average molecular weight is 391 g/mol. The van der Waals surface area contributed by atoms with Gasteiger partial charge in [-0.2, -0.15) is 8.42 Å².